The van der Waals surface area contributed by atoms with Crippen molar-refractivity contribution in [1.82, 2.24) is 14.7 Å². The van der Waals surface area contributed by atoms with Gasteiger partial charge in [0, 0.05) is 62.9 Å². The lowest BCUT2D eigenvalue weighted by atomic mass is 9.90. The predicted molar refractivity (Wildman–Crippen MR) is 123 cm³/mol. The summed E-state index contributed by atoms with van der Waals surface area (Å²) in [4.78, 5) is 32.1. The SMILES string of the molecule is O=C(C[C@H]1CN(C(=O)CCN2CCCC2)CC[C@@H]1Oc1cccc(Cl)c1)N1CCOCC1. The van der Waals surface area contributed by atoms with Crippen molar-refractivity contribution in [2.45, 2.75) is 38.2 Å². The van der Waals surface area contributed by atoms with Crippen LogP contribution in [0.4, 0.5) is 0 Å². The number of morpholine rings is 1. The third kappa shape index (κ3) is 6.36. The maximum Gasteiger partial charge on any atom is 0.223 e. The minimum Gasteiger partial charge on any atom is -0.490 e. The number of rotatable bonds is 7. The summed E-state index contributed by atoms with van der Waals surface area (Å²) in [7, 11) is 0. The van der Waals surface area contributed by atoms with E-state index in [1.807, 2.05) is 28.0 Å². The van der Waals surface area contributed by atoms with Gasteiger partial charge in [-0.25, -0.2) is 0 Å². The van der Waals surface area contributed by atoms with Crippen molar-refractivity contribution in [3.05, 3.63) is 29.3 Å². The molecule has 0 spiro atoms. The zero-order valence-corrected chi connectivity index (χ0v) is 19.5. The molecule has 2 atom stereocenters. The zero-order valence-electron chi connectivity index (χ0n) is 18.7. The molecule has 0 aliphatic carbocycles. The Morgan fingerprint density at radius 1 is 1.03 bits per heavy atom. The monoisotopic (exact) mass is 463 g/mol. The molecule has 176 valence electrons. The van der Waals surface area contributed by atoms with Crippen LogP contribution in [0.3, 0.4) is 0 Å². The first-order valence-electron chi connectivity index (χ1n) is 11.9. The molecule has 8 heteroatoms. The molecule has 3 fully saturated rings. The normalized spacial score (nSPS) is 24.5. The van der Waals surface area contributed by atoms with Gasteiger partial charge in [0.25, 0.3) is 0 Å². The van der Waals surface area contributed by atoms with Crippen molar-refractivity contribution >= 4 is 23.4 Å². The van der Waals surface area contributed by atoms with Crippen LogP contribution in [0.15, 0.2) is 24.3 Å². The molecule has 0 radical (unpaired) electrons. The number of likely N-dealkylation sites (tertiary alicyclic amines) is 2. The number of benzene rings is 1. The van der Waals surface area contributed by atoms with Crippen LogP contribution in [0.2, 0.25) is 5.02 Å². The fourth-order valence-corrected chi connectivity index (χ4v) is 5.07. The summed E-state index contributed by atoms with van der Waals surface area (Å²) in [6.07, 6.45) is 3.97. The molecule has 3 heterocycles. The Bertz CT molecular complexity index is 780. The summed E-state index contributed by atoms with van der Waals surface area (Å²) in [5, 5.41) is 0.623. The lowest BCUT2D eigenvalue weighted by molar-refractivity contribution is -0.141. The van der Waals surface area contributed by atoms with E-state index in [1.165, 1.54) is 12.8 Å². The highest BCUT2D eigenvalue weighted by atomic mass is 35.5. The maximum atomic E-state index is 13.0. The van der Waals surface area contributed by atoms with Crippen molar-refractivity contribution in [3.8, 4) is 5.75 Å². The smallest absolute Gasteiger partial charge is 0.223 e. The van der Waals surface area contributed by atoms with Crippen molar-refractivity contribution in [3.63, 3.8) is 0 Å². The summed E-state index contributed by atoms with van der Waals surface area (Å²) in [5.74, 6) is 0.959. The molecule has 3 aliphatic rings. The van der Waals surface area contributed by atoms with Gasteiger partial charge in [0.05, 0.1) is 13.2 Å². The Balaban J connectivity index is 1.39. The lowest BCUT2D eigenvalue weighted by Crippen LogP contribution is -2.50. The molecule has 0 bridgehead atoms. The van der Waals surface area contributed by atoms with Gasteiger partial charge >= 0.3 is 0 Å². The van der Waals surface area contributed by atoms with Crippen LogP contribution < -0.4 is 4.74 Å². The van der Waals surface area contributed by atoms with Crippen molar-refractivity contribution in [2.24, 2.45) is 5.92 Å². The van der Waals surface area contributed by atoms with Gasteiger partial charge < -0.3 is 24.2 Å². The largest absolute Gasteiger partial charge is 0.490 e. The Labute approximate surface area is 195 Å². The molecule has 3 saturated heterocycles. The summed E-state index contributed by atoms with van der Waals surface area (Å²) in [6.45, 7) is 6.66. The van der Waals surface area contributed by atoms with Crippen LogP contribution in [0.25, 0.3) is 0 Å². The molecule has 2 amide bonds. The second kappa shape index (κ2) is 11.3. The quantitative estimate of drug-likeness (QED) is 0.622. The maximum absolute atomic E-state index is 13.0. The zero-order chi connectivity index (χ0) is 22.3. The van der Waals surface area contributed by atoms with Gasteiger partial charge in [-0.15, -0.1) is 0 Å². The molecule has 32 heavy (non-hydrogen) atoms. The van der Waals surface area contributed by atoms with E-state index in [4.69, 9.17) is 21.1 Å². The summed E-state index contributed by atoms with van der Waals surface area (Å²) >= 11 is 6.13. The van der Waals surface area contributed by atoms with Crippen LogP contribution in [-0.2, 0) is 14.3 Å². The van der Waals surface area contributed by atoms with E-state index in [9.17, 15) is 9.59 Å². The first kappa shape index (κ1) is 23.3. The molecule has 4 rings (SSSR count). The number of carbonyl (C=O) groups is 2. The highest BCUT2D eigenvalue weighted by Gasteiger charge is 2.35. The molecule has 0 saturated carbocycles. The number of hydrogen-bond donors (Lipinski definition) is 0. The Morgan fingerprint density at radius 3 is 2.56 bits per heavy atom. The van der Waals surface area contributed by atoms with Gasteiger partial charge in [-0.1, -0.05) is 17.7 Å². The first-order valence-corrected chi connectivity index (χ1v) is 12.2. The Kier molecular flexibility index (Phi) is 8.27. The average Bonchev–Trinajstić information content (AvgIpc) is 3.33. The number of ether oxygens (including phenoxy) is 2. The van der Waals surface area contributed by atoms with Crippen LogP contribution in [0.5, 0.6) is 5.75 Å². The Morgan fingerprint density at radius 2 is 1.81 bits per heavy atom. The number of carbonyl (C=O) groups excluding carboxylic acids is 2. The standard InChI is InChI=1S/C24H34ClN3O4/c25-20-4-3-5-21(17-20)32-22-6-11-28(23(29)7-10-26-8-1-2-9-26)18-19(22)16-24(30)27-12-14-31-15-13-27/h3-5,17,19,22H,1-2,6-16,18H2/t19-,22-/m0/s1. The van der Waals surface area contributed by atoms with Crippen molar-refractivity contribution in [1.29, 1.82) is 0 Å². The number of nitrogens with zero attached hydrogens (tertiary/aromatic N) is 3. The minimum atomic E-state index is -0.124. The number of amides is 2. The van der Waals surface area contributed by atoms with E-state index in [-0.39, 0.29) is 23.8 Å². The van der Waals surface area contributed by atoms with E-state index in [1.54, 1.807) is 6.07 Å². The first-order chi connectivity index (χ1) is 15.6. The fourth-order valence-electron chi connectivity index (χ4n) is 4.89. The van der Waals surface area contributed by atoms with Gasteiger partial charge in [0.2, 0.25) is 11.8 Å². The lowest BCUT2D eigenvalue weighted by Gasteiger charge is -2.39. The molecular formula is C24H34ClN3O4. The van der Waals surface area contributed by atoms with Crippen LogP contribution in [0.1, 0.15) is 32.1 Å². The average molecular weight is 464 g/mol. The fraction of sp³-hybridized carbons (Fsp3) is 0.667. The van der Waals surface area contributed by atoms with E-state index in [2.05, 4.69) is 4.90 Å². The molecule has 0 N–H and O–H groups in total. The molecule has 0 aromatic heterocycles. The molecule has 3 aliphatic heterocycles. The van der Waals surface area contributed by atoms with Crippen molar-refractivity contribution in [2.75, 3.05) is 59.0 Å². The van der Waals surface area contributed by atoms with E-state index in [0.717, 1.165) is 19.6 Å². The minimum absolute atomic E-state index is 0.0474. The molecule has 7 nitrogen and oxygen atoms in total. The molecule has 1 aromatic carbocycles. The van der Waals surface area contributed by atoms with E-state index >= 15 is 0 Å². The summed E-state index contributed by atoms with van der Waals surface area (Å²) < 4.78 is 11.7. The summed E-state index contributed by atoms with van der Waals surface area (Å²) in [6, 6.07) is 7.37. The Hall–Kier alpha value is -1.83. The third-order valence-electron chi connectivity index (χ3n) is 6.74. The van der Waals surface area contributed by atoms with E-state index in [0.29, 0.717) is 69.4 Å². The number of piperidine rings is 1. The predicted octanol–water partition coefficient (Wildman–Crippen LogP) is 2.67. The number of halogens is 1. The van der Waals surface area contributed by atoms with Crippen molar-refractivity contribution < 1.29 is 19.1 Å². The summed E-state index contributed by atoms with van der Waals surface area (Å²) in [5.41, 5.74) is 0. The second-order valence-corrected chi connectivity index (χ2v) is 9.43. The van der Waals surface area contributed by atoms with Gasteiger partial charge in [0.1, 0.15) is 11.9 Å². The van der Waals surface area contributed by atoms with Gasteiger partial charge in [0.15, 0.2) is 0 Å². The highest BCUT2D eigenvalue weighted by Crippen LogP contribution is 2.28. The van der Waals surface area contributed by atoms with Gasteiger partial charge in [-0.05, 0) is 44.1 Å². The van der Waals surface area contributed by atoms with Gasteiger partial charge in [-0.3, -0.25) is 9.59 Å². The molecular weight excluding hydrogens is 430 g/mol. The van der Waals surface area contributed by atoms with Crippen LogP contribution in [0, 0.1) is 5.92 Å². The topological polar surface area (TPSA) is 62.3 Å². The number of hydrogen-bond acceptors (Lipinski definition) is 5. The van der Waals surface area contributed by atoms with Crippen LogP contribution >= 0.6 is 11.6 Å². The van der Waals surface area contributed by atoms with E-state index < -0.39 is 0 Å². The second-order valence-electron chi connectivity index (χ2n) is 9.00. The molecule has 1 aromatic rings. The third-order valence-corrected chi connectivity index (χ3v) is 6.98. The van der Waals surface area contributed by atoms with Gasteiger partial charge in [-0.2, -0.15) is 0 Å². The van der Waals surface area contributed by atoms with Crippen LogP contribution in [-0.4, -0.2) is 91.6 Å². The molecule has 0 unspecified atom stereocenters. The highest BCUT2D eigenvalue weighted by molar-refractivity contribution is 6.30.